The molecule has 0 atom stereocenters. The third kappa shape index (κ3) is 3.87. The van der Waals surface area contributed by atoms with E-state index in [0.29, 0.717) is 5.13 Å². The van der Waals surface area contributed by atoms with Gasteiger partial charge >= 0.3 is 0 Å². The molecule has 1 amide bonds. The third-order valence-corrected chi connectivity index (χ3v) is 6.22. The monoisotopic (exact) mass is 398 g/mol. The Balaban J connectivity index is 1.40. The topological polar surface area (TPSA) is 67.8 Å². The van der Waals surface area contributed by atoms with Crippen LogP contribution in [0.4, 0.5) is 5.13 Å². The summed E-state index contributed by atoms with van der Waals surface area (Å²) in [6, 6.07) is 9.82. The first kappa shape index (κ1) is 17.0. The van der Waals surface area contributed by atoms with Crippen LogP contribution in [0.3, 0.4) is 0 Å². The molecule has 0 fully saturated rings. The highest BCUT2D eigenvalue weighted by molar-refractivity contribution is 7.17. The molecular weight excluding hydrogens is 384 g/mol. The number of pyridine rings is 1. The number of carbonyl (C=O) groups is 1. The van der Waals surface area contributed by atoms with Gasteiger partial charge in [-0.1, -0.05) is 6.07 Å². The van der Waals surface area contributed by atoms with E-state index in [1.54, 1.807) is 17.5 Å². The van der Waals surface area contributed by atoms with Crippen LogP contribution in [0.5, 0.6) is 0 Å². The van der Waals surface area contributed by atoms with Crippen LogP contribution in [-0.2, 0) is 11.2 Å². The van der Waals surface area contributed by atoms with E-state index in [0.717, 1.165) is 27.0 Å². The lowest BCUT2D eigenvalue weighted by atomic mass is 10.3. The van der Waals surface area contributed by atoms with Crippen LogP contribution in [-0.4, -0.2) is 20.9 Å². The number of thiophene rings is 1. The minimum Gasteiger partial charge on any atom is -0.302 e. The first-order chi connectivity index (χ1) is 12.7. The average molecular weight is 399 g/mol. The van der Waals surface area contributed by atoms with E-state index in [4.69, 9.17) is 0 Å². The van der Waals surface area contributed by atoms with Crippen LogP contribution in [0.25, 0.3) is 21.3 Å². The molecule has 0 saturated heterocycles. The molecule has 0 unspecified atom stereocenters. The highest BCUT2D eigenvalue weighted by Gasteiger charge is 2.12. The Morgan fingerprint density at radius 2 is 2.00 bits per heavy atom. The molecule has 26 heavy (non-hydrogen) atoms. The van der Waals surface area contributed by atoms with Gasteiger partial charge in [0.25, 0.3) is 0 Å². The van der Waals surface area contributed by atoms with E-state index in [-0.39, 0.29) is 12.3 Å². The van der Waals surface area contributed by atoms with E-state index in [2.05, 4.69) is 39.3 Å². The van der Waals surface area contributed by atoms with Gasteiger partial charge in [0.15, 0.2) is 5.13 Å². The van der Waals surface area contributed by atoms with Gasteiger partial charge in [-0.3, -0.25) is 9.78 Å². The second kappa shape index (κ2) is 7.45. The number of rotatable bonds is 5. The van der Waals surface area contributed by atoms with Crippen LogP contribution in [0, 0.1) is 6.92 Å². The Labute approximate surface area is 162 Å². The van der Waals surface area contributed by atoms with Crippen molar-refractivity contribution in [3.05, 3.63) is 57.9 Å². The Kier molecular flexibility index (Phi) is 4.87. The smallest absolute Gasteiger partial charge is 0.232 e. The van der Waals surface area contributed by atoms with E-state index in [1.807, 2.05) is 29.0 Å². The largest absolute Gasteiger partial charge is 0.302 e. The van der Waals surface area contributed by atoms with Crippen molar-refractivity contribution in [1.29, 1.82) is 0 Å². The molecule has 5 nitrogen and oxygen atoms in total. The number of hydrogen-bond donors (Lipinski definition) is 1. The summed E-state index contributed by atoms with van der Waals surface area (Å²) in [5.41, 5.74) is 2.45. The molecule has 130 valence electrons. The molecule has 0 aromatic carbocycles. The fourth-order valence-electron chi connectivity index (χ4n) is 2.34. The van der Waals surface area contributed by atoms with Crippen LogP contribution in [0.2, 0.25) is 0 Å². The first-order valence-electron chi connectivity index (χ1n) is 7.85. The third-order valence-electron chi connectivity index (χ3n) is 3.52. The fourth-order valence-corrected chi connectivity index (χ4v) is 4.76. The minimum absolute atomic E-state index is 0.119. The molecule has 4 heterocycles. The zero-order chi connectivity index (χ0) is 17.9. The maximum atomic E-state index is 12.3. The summed E-state index contributed by atoms with van der Waals surface area (Å²) in [6.45, 7) is 2.07. The Hall–Kier alpha value is -2.42. The summed E-state index contributed by atoms with van der Waals surface area (Å²) >= 11 is 4.61. The second-order valence-electron chi connectivity index (χ2n) is 5.53. The summed E-state index contributed by atoms with van der Waals surface area (Å²) in [6.07, 6.45) is 1.95. The summed E-state index contributed by atoms with van der Waals surface area (Å²) in [4.78, 5) is 27.9. The number of nitrogens with one attached hydrogen (secondary N) is 1. The predicted molar refractivity (Wildman–Crippen MR) is 108 cm³/mol. The van der Waals surface area contributed by atoms with Gasteiger partial charge in [0, 0.05) is 21.8 Å². The van der Waals surface area contributed by atoms with Crippen molar-refractivity contribution >= 4 is 45.0 Å². The lowest BCUT2D eigenvalue weighted by molar-refractivity contribution is -0.115. The number of amides is 1. The number of carbonyl (C=O) groups excluding carboxylic acids is 1. The van der Waals surface area contributed by atoms with Gasteiger partial charge in [-0.25, -0.2) is 9.97 Å². The second-order valence-corrected chi connectivity index (χ2v) is 8.54. The lowest BCUT2D eigenvalue weighted by Gasteiger charge is -1.99. The summed E-state index contributed by atoms with van der Waals surface area (Å²) in [7, 11) is 0. The number of aromatic nitrogens is 3. The van der Waals surface area contributed by atoms with Gasteiger partial charge < -0.3 is 5.32 Å². The normalized spacial score (nSPS) is 10.8. The van der Waals surface area contributed by atoms with Crippen molar-refractivity contribution in [2.75, 3.05) is 5.32 Å². The molecule has 0 saturated carbocycles. The van der Waals surface area contributed by atoms with Crippen LogP contribution < -0.4 is 5.32 Å². The van der Waals surface area contributed by atoms with Gasteiger partial charge in [0.1, 0.15) is 5.01 Å². The SMILES string of the molecule is Cc1ccc(-c2csc(NC(=O)Cc3csc(-c4ccccn4)n3)n2)s1. The molecular formula is C18H14N4OS3. The van der Waals surface area contributed by atoms with Crippen LogP contribution in [0.15, 0.2) is 47.3 Å². The van der Waals surface area contributed by atoms with E-state index >= 15 is 0 Å². The maximum absolute atomic E-state index is 12.3. The van der Waals surface area contributed by atoms with Gasteiger partial charge in [-0.2, -0.15) is 0 Å². The molecule has 0 aliphatic carbocycles. The quantitative estimate of drug-likeness (QED) is 0.520. The number of aryl methyl sites for hydroxylation is 1. The molecule has 4 aromatic heterocycles. The maximum Gasteiger partial charge on any atom is 0.232 e. The zero-order valence-electron chi connectivity index (χ0n) is 13.8. The Morgan fingerprint density at radius 1 is 1.08 bits per heavy atom. The molecule has 8 heteroatoms. The molecule has 0 spiro atoms. The number of nitrogens with zero attached hydrogens (tertiary/aromatic N) is 3. The molecule has 4 rings (SSSR count). The van der Waals surface area contributed by atoms with E-state index in [1.165, 1.54) is 27.6 Å². The average Bonchev–Trinajstić information content (AvgIpc) is 3.37. The van der Waals surface area contributed by atoms with Crippen molar-refractivity contribution in [3.63, 3.8) is 0 Å². The van der Waals surface area contributed by atoms with Gasteiger partial charge in [0.05, 0.1) is 28.4 Å². The summed E-state index contributed by atoms with van der Waals surface area (Å²) in [5.74, 6) is -0.119. The highest BCUT2D eigenvalue weighted by Crippen LogP contribution is 2.30. The van der Waals surface area contributed by atoms with Gasteiger partial charge in [-0.05, 0) is 31.2 Å². The van der Waals surface area contributed by atoms with Crippen LogP contribution >= 0.6 is 34.0 Å². The predicted octanol–water partition coefficient (Wildman–Crippen LogP) is 4.88. The molecule has 0 bridgehead atoms. The first-order valence-corrected chi connectivity index (χ1v) is 10.4. The number of thiazole rings is 2. The van der Waals surface area contributed by atoms with Gasteiger partial charge in [0.2, 0.25) is 5.91 Å². The summed E-state index contributed by atoms with van der Waals surface area (Å²) < 4.78 is 0. The number of anilines is 1. The standard InChI is InChI=1S/C18H14N4OS3/c1-11-5-6-15(26-11)14-10-25-18(21-14)22-16(23)8-12-9-24-17(20-12)13-4-2-3-7-19-13/h2-7,9-10H,8H2,1H3,(H,21,22,23). The van der Waals surface area contributed by atoms with Crippen molar-refractivity contribution < 1.29 is 4.79 Å². The van der Waals surface area contributed by atoms with Crippen molar-refractivity contribution in [2.24, 2.45) is 0 Å². The molecule has 4 aromatic rings. The zero-order valence-corrected chi connectivity index (χ0v) is 16.3. The lowest BCUT2D eigenvalue weighted by Crippen LogP contribution is -2.14. The summed E-state index contributed by atoms with van der Waals surface area (Å²) in [5, 5.41) is 8.14. The van der Waals surface area contributed by atoms with Gasteiger partial charge in [-0.15, -0.1) is 34.0 Å². The molecule has 0 aliphatic rings. The Morgan fingerprint density at radius 3 is 2.77 bits per heavy atom. The molecule has 0 aliphatic heterocycles. The Bertz CT molecular complexity index is 1040. The minimum atomic E-state index is -0.119. The molecule has 1 N–H and O–H groups in total. The van der Waals surface area contributed by atoms with Crippen molar-refractivity contribution in [1.82, 2.24) is 15.0 Å². The highest BCUT2D eigenvalue weighted by atomic mass is 32.1. The number of hydrogen-bond acceptors (Lipinski definition) is 7. The fraction of sp³-hybridized carbons (Fsp3) is 0.111. The molecule has 0 radical (unpaired) electrons. The van der Waals surface area contributed by atoms with Crippen LogP contribution in [0.1, 0.15) is 10.6 Å². The van der Waals surface area contributed by atoms with E-state index < -0.39 is 0 Å². The van der Waals surface area contributed by atoms with E-state index in [9.17, 15) is 4.79 Å². The van der Waals surface area contributed by atoms with Crippen molar-refractivity contribution in [3.8, 4) is 21.3 Å². The van der Waals surface area contributed by atoms with Crippen molar-refractivity contribution in [2.45, 2.75) is 13.3 Å².